The van der Waals surface area contributed by atoms with Gasteiger partial charge in [0.1, 0.15) is 0 Å². The van der Waals surface area contributed by atoms with Crippen LogP contribution in [-0.4, -0.2) is 27.7 Å². The summed E-state index contributed by atoms with van der Waals surface area (Å²) in [4.78, 5) is 33.7. The molecule has 1 N–H and O–H groups in total. The summed E-state index contributed by atoms with van der Waals surface area (Å²) in [5, 5.41) is 3.39. The van der Waals surface area contributed by atoms with E-state index in [4.69, 9.17) is 0 Å². The van der Waals surface area contributed by atoms with Gasteiger partial charge < -0.3 is 10.2 Å². The minimum absolute atomic E-state index is 0.0145. The van der Waals surface area contributed by atoms with Gasteiger partial charge >= 0.3 is 0 Å². The van der Waals surface area contributed by atoms with Crippen LogP contribution in [0.5, 0.6) is 0 Å². The van der Waals surface area contributed by atoms with Gasteiger partial charge in [0.05, 0.1) is 16.1 Å². The number of carbonyl (C=O) groups excluding carboxylic acids is 2. The van der Waals surface area contributed by atoms with Crippen molar-refractivity contribution < 1.29 is 9.59 Å². The molecule has 0 radical (unpaired) electrons. The first-order valence-corrected chi connectivity index (χ1v) is 13.2. The number of nitrogens with one attached hydrogen (secondary N) is 1. The molecule has 7 heteroatoms. The van der Waals surface area contributed by atoms with E-state index in [1.807, 2.05) is 30.0 Å². The first-order valence-electron chi connectivity index (χ1n) is 11.4. The van der Waals surface area contributed by atoms with Gasteiger partial charge in [-0.2, -0.15) is 0 Å². The minimum Gasteiger partial charge on any atom is -0.331 e. The van der Waals surface area contributed by atoms with Crippen LogP contribution in [-0.2, 0) is 17.1 Å². The Morgan fingerprint density at radius 1 is 1.24 bits per heavy atom. The molecule has 4 rings (SSSR count). The Hall–Kier alpha value is -2.64. The molecule has 2 aromatic carbocycles. The summed E-state index contributed by atoms with van der Waals surface area (Å²) < 4.78 is 0. The first-order chi connectivity index (χ1) is 16.0. The molecule has 0 fully saturated rings. The number of carbonyl (C=O) groups is 2. The molecule has 0 saturated heterocycles. The third-order valence-corrected chi connectivity index (χ3v) is 8.53. The monoisotopic (exact) mass is 493 g/mol. The van der Waals surface area contributed by atoms with Crippen molar-refractivity contribution in [3.05, 3.63) is 64.8 Å². The number of hydrogen-bond acceptors (Lipinski definition) is 5. The van der Waals surface area contributed by atoms with E-state index in [9.17, 15) is 9.59 Å². The number of hydrogen-bond donors (Lipinski definition) is 1. The van der Waals surface area contributed by atoms with Gasteiger partial charge in [0.2, 0.25) is 5.91 Å². The third kappa shape index (κ3) is 5.05. The highest BCUT2D eigenvalue weighted by Gasteiger charge is 2.37. The molecule has 3 aromatic rings. The second kappa shape index (κ2) is 9.55. The van der Waals surface area contributed by atoms with Gasteiger partial charge in [0.15, 0.2) is 5.13 Å². The number of anilines is 1. The van der Waals surface area contributed by atoms with Gasteiger partial charge in [-0.1, -0.05) is 62.4 Å². The van der Waals surface area contributed by atoms with Crippen LogP contribution in [0, 0.1) is 12.3 Å². The summed E-state index contributed by atoms with van der Waals surface area (Å²) >= 11 is 3.17. The number of benzene rings is 2. The van der Waals surface area contributed by atoms with Crippen molar-refractivity contribution in [2.45, 2.75) is 64.8 Å². The molecule has 0 spiro atoms. The highest BCUT2D eigenvalue weighted by Crippen LogP contribution is 2.42. The van der Waals surface area contributed by atoms with Crippen molar-refractivity contribution in [3.8, 4) is 10.4 Å². The van der Waals surface area contributed by atoms with Crippen LogP contribution < -0.4 is 5.32 Å². The van der Waals surface area contributed by atoms with E-state index in [0.29, 0.717) is 11.7 Å². The lowest BCUT2D eigenvalue weighted by molar-refractivity contribution is -0.114. The summed E-state index contributed by atoms with van der Waals surface area (Å²) in [6, 6.07) is 14.7. The maximum Gasteiger partial charge on any atom is 0.255 e. The van der Waals surface area contributed by atoms with Crippen molar-refractivity contribution in [2.75, 3.05) is 5.32 Å². The number of rotatable bonds is 6. The maximum atomic E-state index is 13.6. The molecule has 1 aliphatic heterocycles. The number of thiazole rings is 1. The average molecular weight is 494 g/mol. The molecule has 0 bridgehead atoms. The third-order valence-electron chi connectivity index (χ3n) is 6.30. The molecule has 34 heavy (non-hydrogen) atoms. The average Bonchev–Trinajstić information content (AvgIpc) is 3.30. The SMILES string of the molecule is CC(=O)Nc1nc(C)c(-c2cc3c(c(SCc4ccccc4)c2)C(=O)N(C(C)C(C)(C)C)C3)s1. The summed E-state index contributed by atoms with van der Waals surface area (Å²) in [6.45, 7) is 12.7. The molecule has 0 aliphatic carbocycles. The molecule has 0 saturated carbocycles. The van der Waals surface area contributed by atoms with Crippen molar-refractivity contribution in [3.63, 3.8) is 0 Å². The van der Waals surface area contributed by atoms with Gasteiger partial charge in [0, 0.05) is 30.2 Å². The number of thioether (sulfide) groups is 1. The Labute approximate surface area is 210 Å². The highest BCUT2D eigenvalue weighted by molar-refractivity contribution is 7.98. The van der Waals surface area contributed by atoms with E-state index in [1.165, 1.54) is 23.8 Å². The molecular formula is C27H31N3O2S2. The van der Waals surface area contributed by atoms with Crippen LogP contribution in [0.25, 0.3) is 10.4 Å². The topological polar surface area (TPSA) is 62.3 Å². The molecule has 1 unspecified atom stereocenters. The fraction of sp³-hybridized carbons (Fsp3) is 0.370. The second-order valence-electron chi connectivity index (χ2n) is 9.87. The van der Waals surface area contributed by atoms with E-state index in [0.717, 1.165) is 37.9 Å². The van der Waals surface area contributed by atoms with Crippen molar-refractivity contribution in [2.24, 2.45) is 5.41 Å². The molecule has 1 aromatic heterocycles. The summed E-state index contributed by atoms with van der Waals surface area (Å²) in [7, 11) is 0. The standard InChI is InChI=1S/C27H31N3O2S2/c1-16-24(34-26(28-16)29-18(3)31)20-12-21-14-30(17(2)27(4,5)6)25(32)23(21)22(13-20)33-15-19-10-8-7-9-11-19/h7-13,17H,14-15H2,1-6H3,(H,28,29,31). The number of fused-ring (bicyclic) bond motifs is 1. The number of aromatic nitrogens is 1. The molecule has 2 amide bonds. The predicted octanol–water partition coefficient (Wildman–Crippen LogP) is 6.76. The second-order valence-corrected chi connectivity index (χ2v) is 11.9. The Balaban J connectivity index is 1.75. The van der Waals surface area contributed by atoms with Gasteiger partial charge in [-0.3, -0.25) is 9.59 Å². The van der Waals surface area contributed by atoms with E-state index < -0.39 is 0 Å². The fourth-order valence-electron chi connectivity index (χ4n) is 4.07. The quantitative estimate of drug-likeness (QED) is 0.385. The predicted molar refractivity (Wildman–Crippen MR) is 141 cm³/mol. The van der Waals surface area contributed by atoms with Crippen LogP contribution in [0.2, 0.25) is 0 Å². The molecule has 5 nitrogen and oxygen atoms in total. The van der Waals surface area contributed by atoms with E-state index in [-0.39, 0.29) is 23.3 Å². The number of amides is 2. The maximum absolute atomic E-state index is 13.6. The van der Waals surface area contributed by atoms with Crippen molar-refractivity contribution in [1.29, 1.82) is 0 Å². The largest absolute Gasteiger partial charge is 0.331 e. The zero-order chi connectivity index (χ0) is 24.6. The molecule has 1 atom stereocenters. The lowest BCUT2D eigenvalue weighted by atomic mass is 9.87. The van der Waals surface area contributed by atoms with E-state index in [1.54, 1.807) is 11.8 Å². The van der Waals surface area contributed by atoms with Gasteiger partial charge in [-0.15, -0.1) is 11.8 Å². The van der Waals surface area contributed by atoms with Gasteiger partial charge in [-0.05, 0) is 48.1 Å². The normalized spacial score (nSPS) is 14.3. The summed E-state index contributed by atoms with van der Waals surface area (Å²) in [6.07, 6.45) is 0. The lowest BCUT2D eigenvalue weighted by Crippen LogP contribution is -2.42. The molecule has 178 valence electrons. The highest BCUT2D eigenvalue weighted by atomic mass is 32.2. The number of nitrogens with zero attached hydrogens (tertiary/aromatic N) is 2. The van der Waals surface area contributed by atoms with Crippen molar-refractivity contribution >= 4 is 40.0 Å². The first kappa shape index (κ1) is 24.5. The number of aryl methyl sites for hydroxylation is 1. The van der Waals surface area contributed by atoms with Gasteiger partial charge in [-0.25, -0.2) is 4.98 Å². The van der Waals surface area contributed by atoms with Crippen LogP contribution in [0.4, 0.5) is 5.13 Å². The Morgan fingerprint density at radius 2 is 1.94 bits per heavy atom. The zero-order valence-corrected chi connectivity index (χ0v) is 22.2. The minimum atomic E-state index is -0.134. The Morgan fingerprint density at radius 3 is 2.59 bits per heavy atom. The Kier molecular flexibility index (Phi) is 6.87. The smallest absolute Gasteiger partial charge is 0.255 e. The summed E-state index contributed by atoms with van der Waals surface area (Å²) in [5.41, 5.74) is 5.00. The van der Waals surface area contributed by atoms with Crippen LogP contribution in [0.1, 0.15) is 61.8 Å². The van der Waals surface area contributed by atoms with Crippen LogP contribution >= 0.6 is 23.1 Å². The molecule has 1 aliphatic rings. The fourth-order valence-corrected chi connectivity index (χ4v) is 6.16. The van der Waals surface area contributed by atoms with Crippen LogP contribution in [0.3, 0.4) is 0 Å². The molecular weight excluding hydrogens is 462 g/mol. The lowest BCUT2D eigenvalue weighted by Gasteiger charge is -2.35. The summed E-state index contributed by atoms with van der Waals surface area (Å²) in [5.74, 6) is 0.766. The van der Waals surface area contributed by atoms with Crippen LogP contribution in [0.15, 0.2) is 47.4 Å². The zero-order valence-electron chi connectivity index (χ0n) is 20.6. The Bertz CT molecular complexity index is 1230. The van der Waals surface area contributed by atoms with E-state index >= 15 is 0 Å². The van der Waals surface area contributed by atoms with E-state index in [2.05, 4.69) is 62.3 Å². The van der Waals surface area contributed by atoms with Gasteiger partial charge in [0.25, 0.3) is 5.91 Å². The molecule has 2 heterocycles. The van der Waals surface area contributed by atoms with Crippen molar-refractivity contribution in [1.82, 2.24) is 9.88 Å².